The number of hydrogen-bond acceptors (Lipinski definition) is 3. The van der Waals surface area contributed by atoms with E-state index in [1.165, 1.54) is 17.7 Å². The van der Waals surface area contributed by atoms with E-state index in [0.717, 1.165) is 23.6 Å². The van der Waals surface area contributed by atoms with Crippen molar-refractivity contribution in [1.29, 1.82) is 0 Å². The molecule has 0 bridgehead atoms. The maximum Gasteiger partial charge on any atom is 0.269 e. The molecule has 2 rings (SSSR count). The summed E-state index contributed by atoms with van der Waals surface area (Å²) in [6, 6.07) is 14.4. The predicted molar refractivity (Wildman–Crippen MR) is 90.3 cm³/mol. The van der Waals surface area contributed by atoms with Gasteiger partial charge in [0.25, 0.3) is 5.69 Å². The van der Waals surface area contributed by atoms with Crippen LogP contribution in [-0.2, 0) is 13.0 Å². The number of nitrogens with zero attached hydrogens (tertiary/aromatic N) is 1. The van der Waals surface area contributed by atoms with Gasteiger partial charge in [0, 0.05) is 23.7 Å². The van der Waals surface area contributed by atoms with Gasteiger partial charge in [-0.2, -0.15) is 0 Å². The van der Waals surface area contributed by atoms with Crippen LogP contribution in [0.4, 0.5) is 5.69 Å². The van der Waals surface area contributed by atoms with Gasteiger partial charge in [-0.25, -0.2) is 0 Å². The van der Waals surface area contributed by atoms with E-state index in [2.05, 4.69) is 5.32 Å². The molecule has 0 aliphatic rings. The number of hydrogen-bond donors (Lipinski definition) is 1. The number of benzene rings is 2. The largest absolute Gasteiger partial charge is 0.312 e. The van der Waals surface area contributed by atoms with Gasteiger partial charge < -0.3 is 5.32 Å². The Bertz CT molecular complexity index is 573. The molecular weight excluding hydrogens is 356 g/mol. The summed E-state index contributed by atoms with van der Waals surface area (Å²) in [7, 11) is 0. The number of nitrogens with one attached hydrogen (secondary N) is 1. The quantitative estimate of drug-likeness (QED) is 0.471. The molecule has 0 saturated carbocycles. The van der Waals surface area contributed by atoms with E-state index in [9.17, 15) is 10.1 Å². The normalized spacial score (nSPS) is 9.95. The minimum Gasteiger partial charge on any atom is -0.312 e. The van der Waals surface area contributed by atoms with Crippen molar-refractivity contribution in [1.82, 2.24) is 5.32 Å². The molecule has 2 aromatic carbocycles. The molecule has 0 amide bonds. The zero-order valence-electron chi connectivity index (χ0n) is 11.3. The van der Waals surface area contributed by atoms with Crippen LogP contribution in [0.25, 0.3) is 0 Å². The second-order valence-corrected chi connectivity index (χ2v) is 4.91. The Balaban J connectivity index is 0.00000220. The lowest BCUT2D eigenvalue weighted by Crippen LogP contribution is -2.16. The van der Waals surface area contributed by atoms with Crippen molar-refractivity contribution >= 4 is 34.3 Å². The zero-order chi connectivity index (χ0) is 14.4. The third-order valence-electron chi connectivity index (χ3n) is 2.98. The summed E-state index contributed by atoms with van der Waals surface area (Å²) in [5.41, 5.74) is 2.38. The van der Waals surface area contributed by atoms with Crippen LogP contribution in [-0.4, -0.2) is 11.5 Å². The van der Waals surface area contributed by atoms with Crippen LogP contribution in [0.1, 0.15) is 11.1 Å². The minimum atomic E-state index is -0.391. The fraction of sp³-hybridized carbons (Fsp3) is 0.200. The Labute approximate surface area is 139 Å². The van der Waals surface area contributed by atoms with E-state index in [4.69, 9.17) is 11.6 Å². The second-order valence-electron chi connectivity index (χ2n) is 4.48. The number of nitro benzene ring substituents is 1. The molecule has 4 nitrogen and oxygen atoms in total. The first-order valence-corrected chi connectivity index (χ1v) is 6.71. The molecule has 0 spiro atoms. The fourth-order valence-electron chi connectivity index (χ4n) is 1.85. The SMILES string of the molecule is Br.O=[N+]([O-])c1ccc(CNCCc2ccc(Cl)cc2)cc1. The van der Waals surface area contributed by atoms with Crippen LogP contribution in [0.15, 0.2) is 48.5 Å². The number of non-ortho nitro benzene ring substituents is 1. The summed E-state index contributed by atoms with van der Waals surface area (Å²) in [5.74, 6) is 0. The Hall–Kier alpha value is -1.43. The smallest absolute Gasteiger partial charge is 0.269 e. The van der Waals surface area contributed by atoms with Crippen LogP contribution < -0.4 is 5.32 Å². The standard InChI is InChI=1S/C15H15ClN2O2.BrH/c16-14-5-1-12(2-6-14)9-10-17-11-13-3-7-15(8-4-13)18(19)20;/h1-8,17H,9-11H2;1H. The predicted octanol–water partition coefficient (Wildman–Crippen LogP) is 4.16. The van der Waals surface area contributed by atoms with Crippen molar-refractivity contribution in [3.8, 4) is 0 Å². The first-order valence-electron chi connectivity index (χ1n) is 6.33. The molecule has 21 heavy (non-hydrogen) atoms. The molecule has 1 N–H and O–H groups in total. The Morgan fingerprint density at radius 2 is 1.57 bits per heavy atom. The Morgan fingerprint density at radius 3 is 2.14 bits per heavy atom. The van der Waals surface area contributed by atoms with Gasteiger partial charge in [-0.05, 0) is 36.2 Å². The van der Waals surface area contributed by atoms with Crippen LogP contribution in [0.3, 0.4) is 0 Å². The van der Waals surface area contributed by atoms with Gasteiger partial charge in [0.2, 0.25) is 0 Å². The average molecular weight is 372 g/mol. The van der Waals surface area contributed by atoms with Gasteiger partial charge in [-0.15, -0.1) is 17.0 Å². The molecule has 0 unspecified atom stereocenters. The minimum absolute atomic E-state index is 0. The van der Waals surface area contributed by atoms with E-state index in [-0.39, 0.29) is 22.7 Å². The van der Waals surface area contributed by atoms with E-state index < -0.39 is 4.92 Å². The van der Waals surface area contributed by atoms with Crippen molar-refractivity contribution in [2.75, 3.05) is 6.54 Å². The van der Waals surface area contributed by atoms with Gasteiger partial charge in [-0.3, -0.25) is 10.1 Å². The lowest BCUT2D eigenvalue weighted by atomic mass is 10.1. The Kier molecular flexibility index (Phi) is 7.36. The molecular formula is C15H16BrClN2O2. The molecule has 0 radical (unpaired) electrons. The topological polar surface area (TPSA) is 55.2 Å². The number of rotatable bonds is 6. The van der Waals surface area contributed by atoms with E-state index in [1.54, 1.807) is 12.1 Å². The maximum atomic E-state index is 10.5. The Morgan fingerprint density at radius 1 is 1.00 bits per heavy atom. The van der Waals surface area contributed by atoms with Crippen molar-refractivity contribution in [3.63, 3.8) is 0 Å². The van der Waals surface area contributed by atoms with E-state index in [1.807, 2.05) is 24.3 Å². The highest BCUT2D eigenvalue weighted by molar-refractivity contribution is 8.93. The first-order chi connectivity index (χ1) is 9.65. The van der Waals surface area contributed by atoms with Gasteiger partial charge >= 0.3 is 0 Å². The highest BCUT2D eigenvalue weighted by atomic mass is 79.9. The molecule has 6 heteroatoms. The number of halogens is 2. The molecule has 0 fully saturated rings. The zero-order valence-corrected chi connectivity index (χ0v) is 13.8. The maximum absolute atomic E-state index is 10.5. The van der Waals surface area contributed by atoms with Crippen molar-refractivity contribution < 1.29 is 4.92 Å². The van der Waals surface area contributed by atoms with Gasteiger partial charge in [0.05, 0.1) is 4.92 Å². The van der Waals surface area contributed by atoms with E-state index in [0.29, 0.717) is 6.54 Å². The second kappa shape index (κ2) is 8.77. The lowest BCUT2D eigenvalue weighted by molar-refractivity contribution is -0.384. The summed E-state index contributed by atoms with van der Waals surface area (Å²) in [6.07, 6.45) is 0.921. The van der Waals surface area contributed by atoms with Gasteiger partial charge in [0.1, 0.15) is 0 Å². The molecule has 0 saturated heterocycles. The van der Waals surface area contributed by atoms with Crippen molar-refractivity contribution in [2.24, 2.45) is 0 Å². The summed E-state index contributed by atoms with van der Waals surface area (Å²) in [6.45, 7) is 1.55. The highest BCUT2D eigenvalue weighted by Crippen LogP contribution is 2.12. The highest BCUT2D eigenvalue weighted by Gasteiger charge is 2.03. The fourth-order valence-corrected chi connectivity index (χ4v) is 1.98. The molecule has 0 aliphatic carbocycles. The van der Waals surface area contributed by atoms with Crippen molar-refractivity contribution in [3.05, 3.63) is 74.8 Å². The summed E-state index contributed by atoms with van der Waals surface area (Å²) in [4.78, 5) is 10.1. The molecule has 0 atom stereocenters. The molecule has 2 aromatic rings. The monoisotopic (exact) mass is 370 g/mol. The first kappa shape index (κ1) is 17.6. The molecule has 0 aliphatic heterocycles. The third-order valence-corrected chi connectivity index (χ3v) is 3.23. The summed E-state index contributed by atoms with van der Waals surface area (Å²) >= 11 is 5.82. The van der Waals surface area contributed by atoms with Crippen molar-refractivity contribution in [2.45, 2.75) is 13.0 Å². The van der Waals surface area contributed by atoms with Crippen LogP contribution >= 0.6 is 28.6 Å². The lowest BCUT2D eigenvalue weighted by Gasteiger charge is -2.05. The third kappa shape index (κ3) is 5.83. The van der Waals surface area contributed by atoms with E-state index >= 15 is 0 Å². The average Bonchev–Trinajstić information content (AvgIpc) is 2.46. The molecule has 0 aromatic heterocycles. The summed E-state index contributed by atoms with van der Waals surface area (Å²) < 4.78 is 0. The van der Waals surface area contributed by atoms with Crippen LogP contribution in [0, 0.1) is 10.1 Å². The summed E-state index contributed by atoms with van der Waals surface area (Å²) in [5, 5.41) is 14.6. The van der Waals surface area contributed by atoms with Gasteiger partial charge in [-0.1, -0.05) is 35.9 Å². The number of nitro groups is 1. The van der Waals surface area contributed by atoms with Crippen LogP contribution in [0.5, 0.6) is 0 Å². The van der Waals surface area contributed by atoms with Crippen LogP contribution in [0.2, 0.25) is 5.02 Å². The van der Waals surface area contributed by atoms with Gasteiger partial charge in [0.15, 0.2) is 0 Å². The molecule has 112 valence electrons. The molecule has 0 heterocycles.